The summed E-state index contributed by atoms with van der Waals surface area (Å²) >= 11 is 5.93. The Kier molecular flexibility index (Phi) is 3.94. The maximum Gasteiger partial charge on any atom is 0.159 e. The van der Waals surface area contributed by atoms with E-state index in [9.17, 15) is 8.78 Å². The quantitative estimate of drug-likeness (QED) is 0.889. The first-order valence-corrected chi connectivity index (χ1v) is 5.87. The SMILES string of the molecule is CNC(c1cccc(Cl)c1)c1ccc(F)c(F)c1. The van der Waals surface area contributed by atoms with Gasteiger partial charge >= 0.3 is 0 Å². The number of hydrogen-bond acceptors (Lipinski definition) is 1. The van der Waals surface area contributed by atoms with E-state index >= 15 is 0 Å². The Morgan fingerprint density at radius 2 is 1.72 bits per heavy atom. The van der Waals surface area contributed by atoms with Crippen molar-refractivity contribution < 1.29 is 8.78 Å². The second-order valence-corrected chi connectivity index (χ2v) is 4.39. The van der Waals surface area contributed by atoms with Crippen molar-refractivity contribution in [2.45, 2.75) is 6.04 Å². The van der Waals surface area contributed by atoms with Gasteiger partial charge in [-0.2, -0.15) is 0 Å². The van der Waals surface area contributed by atoms with Gasteiger partial charge in [-0.15, -0.1) is 0 Å². The molecular formula is C14H12ClF2N. The van der Waals surface area contributed by atoms with E-state index in [4.69, 9.17) is 11.6 Å². The lowest BCUT2D eigenvalue weighted by Crippen LogP contribution is -2.17. The molecule has 0 aliphatic rings. The first-order valence-electron chi connectivity index (χ1n) is 5.49. The molecule has 2 rings (SSSR count). The van der Waals surface area contributed by atoms with Crippen LogP contribution in [0, 0.1) is 11.6 Å². The van der Waals surface area contributed by atoms with Gasteiger partial charge in [0.05, 0.1) is 6.04 Å². The van der Waals surface area contributed by atoms with Crippen molar-refractivity contribution in [3.63, 3.8) is 0 Å². The highest BCUT2D eigenvalue weighted by molar-refractivity contribution is 6.30. The maximum atomic E-state index is 13.2. The van der Waals surface area contributed by atoms with Crippen LogP contribution in [0.1, 0.15) is 17.2 Å². The van der Waals surface area contributed by atoms with Crippen LogP contribution in [0.4, 0.5) is 8.78 Å². The summed E-state index contributed by atoms with van der Waals surface area (Å²) in [4.78, 5) is 0. The highest BCUT2D eigenvalue weighted by Gasteiger charge is 2.14. The lowest BCUT2D eigenvalue weighted by atomic mass is 9.99. The van der Waals surface area contributed by atoms with Gasteiger partial charge in [0.2, 0.25) is 0 Å². The van der Waals surface area contributed by atoms with Gasteiger partial charge in [-0.25, -0.2) is 8.78 Å². The second-order valence-electron chi connectivity index (χ2n) is 3.95. The molecule has 1 unspecified atom stereocenters. The van der Waals surface area contributed by atoms with E-state index in [1.165, 1.54) is 6.07 Å². The number of hydrogen-bond donors (Lipinski definition) is 1. The third-order valence-electron chi connectivity index (χ3n) is 2.75. The van der Waals surface area contributed by atoms with E-state index in [2.05, 4.69) is 5.32 Å². The molecule has 4 heteroatoms. The minimum atomic E-state index is -0.852. The molecule has 1 N–H and O–H groups in total. The van der Waals surface area contributed by atoms with E-state index in [-0.39, 0.29) is 6.04 Å². The fourth-order valence-electron chi connectivity index (χ4n) is 1.90. The molecule has 0 radical (unpaired) electrons. The molecule has 2 aromatic rings. The van der Waals surface area contributed by atoms with Crippen LogP contribution in [0.2, 0.25) is 5.02 Å². The summed E-state index contributed by atoms with van der Waals surface area (Å²) in [5, 5.41) is 3.67. The Balaban J connectivity index is 2.42. The summed E-state index contributed by atoms with van der Waals surface area (Å²) in [5.74, 6) is -1.70. The molecule has 0 bridgehead atoms. The van der Waals surface area contributed by atoms with Gasteiger partial charge in [0.15, 0.2) is 11.6 Å². The van der Waals surface area contributed by atoms with Crippen LogP contribution >= 0.6 is 11.6 Å². The second kappa shape index (κ2) is 5.46. The fraction of sp³-hybridized carbons (Fsp3) is 0.143. The molecule has 0 fully saturated rings. The van der Waals surface area contributed by atoms with E-state index < -0.39 is 11.6 Å². The number of benzene rings is 2. The molecule has 0 aliphatic carbocycles. The molecule has 2 aromatic carbocycles. The highest BCUT2D eigenvalue weighted by Crippen LogP contribution is 2.25. The van der Waals surface area contributed by atoms with Crippen molar-refractivity contribution >= 4 is 11.6 Å². The van der Waals surface area contributed by atoms with Crippen LogP contribution in [0.15, 0.2) is 42.5 Å². The fourth-order valence-corrected chi connectivity index (χ4v) is 2.10. The van der Waals surface area contributed by atoms with E-state index in [1.54, 1.807) is 25.2 Å². The molecule has 1 nitrogen and oxygen atoms in total. The smallest absolute Gasteiger partial charge is 0.159 e. The summed E-state index contributed by atoms with van der Waals surface area (Å²) in [6.07, 6.45) is 0. The summed E-state index contributed by atoms with van der Waals surface area (Å²) in [5.41, 5.74) is 1.55. The largest absolute Gasteiger partial charge is 0.309 e. The van der Waals surface area contributed by atoms with Gasteiger partial charge < -0.3 is 5.32 Å². The molecule has 0 amide bonds. The van der Waals surface area contributed by atoms with E-state index in [0.29, 0.717) is 10.6 Å². The molecule has 0 aliphatic heterocycles. The maximum absolute atomic E-state index is 13.2. The van der Waals surface area contributed by atoms with Crippen molar-refractivity contribution in [3.8, 4) is 0 Å². The van der Waals surface area contributed by atoms with Gasteiger partial charge in [-0.3, -0.25) is 0 Å². The number of halogens is 3. The van der Waals surface area contributed by atoms with Crippen molar-refractivity contribution in [3.05, 3.63) is 70.2 Å². The average Bonchev–Trinajstić information content (AvgIpc) is 2.35. The van der Waals surface area contributed by atoms with Crippen LogP contribution in [-0.4, -0.2) is 7.05 Å². The van der Waals surface area contributed by atoms with Gasteiger partial charge in [-0.05, 0) is 42.4 Å². The zero-order valence-electron chi connectivity index (χ0n) is 9.75. The van der Waals surface area contributed by atoms with Gasteiger partial charge in [0.1, 0.15) is 0 Å². The Labute approximate surface area is 109 Å². The first-order chi connectivity index (χ1) is 8.61. The number of rotatable bonds is 3. The highest BCUT2D eigenvalue weighted by atomic mass is 35.5. The predicted molar refractivity (Wildman–Crippen MR) is 68.7 cm³/mol. The molecule has 1 atom stereocenters. The van der Waals surface area contributed by atoms with Gasteiger partial charge in [0, 0.05) is 5.02 Å². The zero-order chi connectivity index (χ0) is 13.1. The lowest BCUT2D eigenvalue weighted by Gasteiger charge is -2.17. The van der Waals surface area contributed by atoms with Gasteiger partial charge in [0.25, 0.3) is 0 Å². The minimum absolute atomic E-state index is 0.223. The average molecular weight is 268 g/mol. The molecule has 94 valence electrons. The van der Waals surface area contributed by atoms with Crippen LogP contribution in [-0.2, 0) is 0 Å². The normalized spacial score (nSPS) is 12.4. The van der Waals surface area contributed by atoms with Crippen molar-refractivity contribution in [1.82, 2.24) is 5.32 Å². The summed E-state index contributed by atoms with van der Waals surface area (Å²) < 4.78 is 26.2. The Bertz CT molecular complexity index is 557. The standard InChI is InChI=1S/C14H12ClF2N/c1-18-14(9-3-2-4-11(15)7-9)10-5-6-12(16)13(17)8-10/h2-8,14,18H,1H3. The number of nitrogens with one attached hydrogen (secondary N) is 1. The van der Waals surface area contributed by atoms with Crippen molar-refractivity contribution in [2.24, 2.45) is 0 Å². The third kappa shape index (κ3) is 2.68. The van der Waals surface area contributed by atoms with Crippen molar-refractivity contribution in [2.75, 3.05) is 7.05 Å². The predicted octanol–water partition coefficient (Wildman–Crippen LogP) is 3.93. The molecule has 0 spiro atoms. The molecule has 0 saturated carbocycles. The van der Waals surface area contributed by atoms with Crippen LogP contribution in [0.5, 0.6) is 0 Å². The Morgan fingerprint density at radius 3 is 2.33 bits per heavy atom. The monoisotopic (exact) mass is 267 g/mol. The summed E-state index contributed by atoms with van der Waals surface area (Å²) in [6.45, 7) is 0. The first kappa shape index (κ1) is 13.0. The Morgan fingerprint density at radius 1 is 1.00 bits per heavy atom. The van der Waals surface area contributed by atoms with E-state index in [0.717, 1.165) is 11.6 Å². The molecular weight excluding hydrogens is 256 g/mol. The minimum Gasteiger partial charge on any atom is -0.309 e. The Hall–Kier alpha value is -1.45. The molecule has 0 saturated heterocycles. The van der Waals surface area contributed by atoms with Gasteiger partial charge in [-0.1, -0.05) is 29.8 Å². The topological polar surface area (TPSA) is 12.0 Å². The summed E-state index contributed by atoms with van der Waals surface area (Å²) in [6, 6.07) is 10.9. The zero-order valence-corrected chi connectivity index (χ0v) is 10.5. The van der Waals surface area contributed by atoms with Crippen LogP contribution in [0.25, 0.3) is 0 Å². The van der Waals surface area contributed by atoms with Crippen LogP contribution in [0.3, 0.4) is 0 Å². The molecule has 0 aromatic heterocycles. The third-order valence-corrected chi connectivity index (χ3v) is 2.98. The summed E-state index contributed by atoms with van der Waals surface area (Å²) in [7, 11) is 1.76. The van der Waals surface area contributed by atoms with E-state index in [1.807, 2.05) is 12.1 Å². The molecule has 18 heavy (non-hydrogen) atoms. The molecule has 0 heterocycles. The lowest BCUT2D eigenvalue weighted by molar-refractivity contribution is 0.505. The van der Waals surface area contributed by atoms with Crippen molar-refractivity contribution in [1.29, 1.82) is 0 Å². The van der Waals surface area contributed by atoms with Crippen LogP contribution < -0.4 is 5.32 Å².